The molecule has 0 amide bonds. The maximum Gasteiger partial charge on any atom is 0.0707 e. The molecule has 16 heavy (non-hydrogen) atoms. The summed E-state index contributed by atoms with van der Waals surface area (Å²) in [6.07, 6.45) is 5.23. The van der Waals surface area contributed by atoms with Crippen molar-refractivity contribution in [3.8, 4) is 0 Å². The van der Waals surface area contributed by atoms with Crippen molar-refractivity contribution in [2.24, 2.45) is 5.73 Å². The van der Waals surface area contributed by atoms with Crippen LogP contribution in [0.2, 0.25) is 0 Å². The Morgan fingerprint density at radius 3 is 2.88 bits per heavy atom. The summed E-state index contributed by atoms with van der Waals surface area (Å²) < 4.78 is 0. The molecule has 1 aromatic carbocycles. The van der Waals surface area contributed by atoms with E-state index in [4.69, 9.17) is 5.73 Å². The number of hydrogen-bond acceptors (Lipinski definition) is 2. The van der Waals surface area contributed by atoms with Crippen molar-refractivity contribution in [3.05, 3.63) is 41.6 Å². The summed E-state index contributed by atoms with van der Waals surface area (Å²) in [7, 11) is 0. The highest BCUT2D eigenvalue weighted by molar-refractivity contribution is 5.82. The minimum absolute atomic E-state index is 0.783. The number of aromatic nitrogens is 1. The van der Waals surface area contributed by atoms with Crippen LogP contribution in [0.25, 0.3) is 10.9 Å². The lowest BCUT2D eigenvalue weighted by Crippen LogP contribution is -1.99. The topological polar surface area (TPSA) is 38.9 Å². The summed E-state index contributed by atoms with van der Waals surface area (Å²) >= 11 is 0. The number of aryl methyl sites for hydroxylation is 2. The molecule has 0 fully saturated rings. The molecule has 0 aliphatic heterocycles. The summed E-state index contributed by atoms with van der Waals surface area (Å²) in [5.74, 6) is 0. The van der Waals surface area contributed by atoms with Crippen LogP contribution in [0.1, 0.15) is 24.0 Å². The molecule has 2 heteroatoms. The second-order valence-corrected chi connectivity index (χ2v) is 4.23. The van der Waals surface area contributed by atoms with Crippen LogP contribution >= 0.6 is 0 Å². The van der Waals surface area contributed by atoms with E-state index in [0.717, 1.165) is 31.3 Å². The Hall–Kier alpha value is -1.41. The average molecular weight is 214 g/mol. The zero-order chi connectivity index (χ0) is 11.4. The van der Waals surface area contributed by atoms with Crippen molar-refractivity contribution in [1.82, 2.24) is 4.98 Å². The molecule has 0 atom stereocenters. The smallest absolute Gasteiger partial charge is 0.0707 e. The molecule has 1 heterocycles. The number of fused-ring (bicyclic) bond motifs is 1. The molecular formula is C14H18N2. The average Bonchev–Trinajstić information content (AvgIpc) is 2.30. The van der Waals surface area contributed by atoms with E-state index in [9.17, 15) is 0 Å². The standard InChI is InChI=1S/C14H18N2/c1-11-7-9-16-14-10-12(4-2-3-8-15)5-6-13(11)14/h5-7,9-10H,2-4,8,15H2,1H3. The molecule has 2 rings (SSSR count). The third-order valence-electron chi connectivity index (χ3n) is 2.94. The van der Waals surface area contributed by atoms with Gasteiger partial charge in [-0.05, 0) is 56.0 Å². The molecule has 0 bridgehead atoms. The highest BCUT2D eigenvalue weighted by Crippen LogP contribution is 2.18. The summed E-state index contributed by atoms with van der Waals surface area (Å²) in [5.41, 5.74) is 9.24. The zero-order valence-electron chi connectivity index (χ0n) is 9.74. The molecule has 84 valence electrons. The maximum absolute atomic E-state index is 5.49. The Kier molecular flexibility index (Phi) is 3.52. The first-order chi connectivity index (χ1) is 7.81. The second-order valence-electron chi connectivity index (χ2n) is 4.23. The Morgan fingerprint density at radius 2 is 2.06 bits per heavy atom. The van der Waals surface area contributed by atoms with Crippen LogP contribution in [0.15, 0.2) is 30.5 Å². The maximum atomic E-state index is 5.49. The Balaban J connectivity index is 2.23. The monoisotopic (exact) mass is 214 g/mol. The quantitative estimate of drug-likeness (QED) is 0.795. The number of nitrogens with two attached hydrogens (primary N) is 1. The zero-order valence-corrected chi connectivity index (χ0v) is 9.74. The summed E-state index contributed by atoms with van der Waals surface area (Å²) in [4.78, 5) is 4.41. The minimum atomic E-state index is 0.783. The molecule has 0 aliphatic rings. The van der Waals surface area contributed by atoms with Crippen molar-refractivity contribution >= 4 is 10.9 Å². The van der Waals surface area contributed by atoms with Crippen molar-refractivity contribution < 1.29 is 0 Å². The molecule has 0 spiro atoms. The SMILES string of the molecule is Cc1ccnc2cc(CCCCN)ccc12. The molecule has 2 aromatic rings. The third kappa shape index (κ3) is 2.39. The van der Waals surface area contributed by atoms with E-state index < -0.39 is 0 Å². The summed E-state index contributed by atoms with van der Waals surface area (Å²) in [6, 6.07) is 8.62. The lowest BCUT2D eigenvalue weighted by atomic mass is 10.0. The van der Waals surface area contributed by atoms with Gasteiger partial charge in [0.25, 0.3) is 0 Å². The number of pyridine rings is 1. The molecule has 1 aromatic heterocycles. The molecule has 2 N–H and O–H groups in total. The Morgan fingerprint density at radius 1 is 1.19 bits per heavy atom. The van der Waals surface area contributed by atoms with Gasteiger partial charge in [-0.3, -0.25) is 4.98 Å². The van der Waals surface area contributed by atoms with Gasteiger partial charge in [-0.2, -0.15) is 0 Å². The Labute approximate surface area is 96.5 Å². The van der Waals surface area contributed by atoms with Crippen molar-refractivity contribution in [1.29, 1.82) is 0 Å². The number of nitrogens with zero attached hydrogens (tertiary/aromatic N) is 1. The van der Waals surface area contributed by atoms with Crippen LogP contribution in [0.4, 0.5) is 0 Å². The van der Waals surface area contributed by atoms with Gasteiger partial charge < -0.3 is 5.73 Å². The first-order valence-corrected chi connectivity index (χ1v) is 5.85. The van der Waals surface area contributed by atoms with Crippen molar-refractivity contribution in [3.63, 3.8) is 0 Å². The molecular weight excluding hydrogens is 196 g/mol. The highest BCUT2D eigenvalue weighted by atomic mass is 14.6. The van der Waals surface area contributed by atoms with Gasteiger partial charge in [-0.15, -0.1) is 0 Å². The first kappa shape index (κ1) is 11.1. The van der Waals surface area contributed by atoms with Crippen LogP contribution in [-0.2, 0) is 6.42 Å². The molecule has 0 aliphatic carbocycles. The lowest BCUT2D eigenvalue weighted by molar-refractivity contribution is 0.745. The lowest BCUT2D eigenvalue weighted by Gasteiger charge is -2.04. The normalized spacial score (nSPS) is 10.9. The Bertz CT molecular complexity index is 477. The third-order valence-corrected chi connectivity index (χ3v) is 2.94. The van der Waals surface area contributed by atoms with Gasteiger partial charge in [-0.1, -0.05) is 12.1 Å². The van der Waals surface area contributed by atoms with Gasteiger partial charge >= 0.3 is 0 Å². The fourth-order valence-electron chi connectivity index (χ4n) is 1.97. The van der Waals surface area contributed by atoms with E-state index in [1.807, 2.05) is 6.20 Å². The van der Waals surface area contributed by atoms with E-state index >= 15 is 0 Å². The summed E-state index contributed by atoms with van der Waals surface area (Å²) in [5, 5.41) is 1.25. The van der Waals surface area contributed by atoms with Crippen LogP contribution in [0.5, 0.6) is 0 Å². The van der Waals surface area contributed by atoms with Gasteiger partial charge in [0.15, 0.2) is 0 Å². The molecule has 0 saturated carbocycles. The highest BCUT2D eigenvalue weighted by Gasteiger charge is 1.99. The number of hydrogen-bond donors (Lipinski definition) is 1. The predicted octanol–water partition coefficient (Wildman–Crippen LogP) is 2.82. The van der Waals surface area contributed by atoms with Crippen LogP contribution in [0, 0.1) is 6.92 Å². The van der Waals surface area contributed by atoms with Gasteiger partial charge in [0, 0.05) is 11.6 Å². The van der Waals surface area contributed by atoms with E-state index in [0.29, 0.717) is 0 Å². The molecule has 0 unspecified atom stereocenters. The fraction of sp³-hybridized carbons (Fsp3) is 0.357. The van der Waals surface area contributed by atoms with Gasteiger partial charge in [0.05, 0.1) is 5.52 Å². The van der Waals surface area contributed by atoms with Crippen LogP contribution < -0.4 is 5.73 Å². The number of rotatable bonds is 4. The van der Waals surface area contributed by atoms with Crippen molar-refractivity contribution in [2.45, 2.75) is 26.2 Å². The molecule has 0 radical (unpaired) electrons. The van der Waals surface area contributed by atoms with E-state index in [1.54, 1.807) is 0 Å². The first-order valence-electron chi connectivity index (χ1n) is 5.85. The summed E-state index contributed by atoms with van der Waals surface area (Å²) in [6.45, 7) is 2.91. The largest absolute Gasteiger partial charge is 0.330 e. The van der Waals surface area contributed by atoms with Crippen molar-refractivity contribution in [2.75, 3.05) is 6.54 Å². The van der Waals surface area contributed by atoms with Gasteiger partial charge in [-0.25, -0.2) is 0 Å². The fourth-order valence-corrected chi connectivity index (χ4v) is 1.97. The molecule has 0 saturated heterocycles. The van der Waals surface area contributed by atoms with Gasteiger partial charge in [0.1, 0.15) is 0 Å². The molecule has 2 nitrogen and oxygen atoms in total. The van der Waals surface area contributed by atoms with Crippen LogP contribution in [-0.4, -0.2) is 11.5 Å². The van der Waals surface area contributed by atoms with Crippen LogP contribution in [0.3, 0.4) is 0 Å². The number of benzene rings is 1. The van der Waals surface area contributed by atoms with Gasteiger partial charge in [0.2, 0.25) is 0 Å². The van der Waals surface area contributed by atoms with E-state index in [2.05, 4.69) is 36.2 Å². The number of unbranched alkanes of at least 4 members (excludes halogenated alkanes) is 1. The van der Waals surface area contributed by atoms with E-state index in [1.165, 1.54) is 16.5 Å². The second kappa shape index (κ2) is 5.08. The predicted molar refractivity (Wildman–Crippen MR) is 68.5 cm³/mol. The minimum Gasteiger partial charge on any atom is -0.330 e. The van der Waals surface area contributed by atoms with E-state index in [-0.39, 0.29) is 0 Å².